The predicted molar refractivity (Wildman–Crippen MR) is 79.2 cm³/mol. The molecule has 2 rings (SSSR count). The first kappa shape index (κ1) is 16.0. The first-order valence-corrected chi connectivity index (χ1v) is 8.92. The maximum Gasteiger partial charge on any atom is 0.224 e. The summed E-state index contributed by atoms with van der Waals surface area (Å²) in [5, 5.41) is 0. The summed E-state index contributed by atoms with van der Waals surface area (Å²) in [6, 6.07) is 3.88. The summed E-state index contributed by atoms with van der Waals surface area (Å²) in [5.41, 5.74) is 0. The lowest BCUT2D eigenvalue weighted by atomic mass is 10.3. The Balaban J connectivity index is 1.79. The Labute approximate surface area is 125 Å². The van der Waals surface area contributed by atoms with Gasteiger partial charge in [-0.3, -0.25) is 4.79 Å². The molecule has 0 saturated heterocycles. The Bertz CT molecular complexity index is 608. The minimum absolute atomic E-state index is 0.116. The minimum atomic E-state index is -3.25. The van der Waals surface area contributed by atoms with Crippen LogP contribution in [0.2, 0.25) is 0 Å². The summed E-state index contributed by atoms with van der Waals surface area (Å²) < 4.78 is 29.9. The average molecular weight is 314 g/mol. The van der Waals surface area contributed by atoms with Crippen molar-refractivity contribution in [3.8, 4) is 0 Å². The van der Waals surface area contributed by atoms with Crippen molar-refractivity contribution in [2.75, 3.05) is 19.8 Å². The van der Waals surface area contributed by atoms with Crippen molar-refractivity contribution in [2.45, 2.75) is 32.2 Å². The van der Waals surface area contributed by atoms with Gasteiger partial charge < -0.3 is 9.32 Å². The standard InChI is InChI=1S/C14H22N2O4S/c1-10-8-12(10)13-5-4-11(20-13)9-16(2)14(17)6-7-15-21(3,18)19/h4-5,10,12,15H,6-9H2,1-3H3. The Morgan fingerprint density at radius 1 is 1.48 bits per heavy atom. The van der Waals surface area contributed by atoms with Crippen LogP contribution in [0.1, 0.15) is 37.2 Å². The van der Waals surface area contributed by atoms with E-state index in [1.165, 1.54) is 6.42 Å². The molecular weight excluding hydrogens is 292 g/mol. The summed E-state index contributed by atoms with van der Waals surface area (Å²) in [4.78, 5) is 13.4. The SMILES string of the molecule is CC1CC1c1ccc(CN(C)C(=O)CCNS(C)(=O)=O)o1. The van der Waals surface area contributed by atoms with Gasteiger partial charge >= 0.3 is 0 Å². The van der Waals surface area contributed by atoms with E-state index in [4.69, 9.17) is 4.42 Å². The highest BCUT2D eigenvalue weighted by molar-refractivity contribution is 7.88. The fourth-order valence-electron chi connectivity index (χ4n) is 2.25. The van der Waals surface area contributed by atoms with Gasteiger partial charge in [0.15, 0.2) is 0 Å². The highest BCUT2D eigenvalue weighted by Gasteiger charge is 2.36. The lowest BCUT2D eigenvalue weighted by Crippen LogP contribution is -2.31. The molecule has 1 heterocycles. The molecule has 7 heteroatoms. The maximum absolute atomic E-state index is 11.9. The second-order valence-corrected chi connectivity index (χ2v) is 7.62. The number of nitrogens with zero attached hydrogens (tertiary/aromatic N) is 1. The quantitative estimate of drug-likeness (QED) is 0.822. The van der Waals surface area contributed by atoms with Crippen molar-refractivity contribution in [3.63, 3.8) is 0 Å². The smallest absolute Gasteiger partial charge is 0.224 e. The zero-order chi connectivity index (χ0) is 15.6. The van der Waals surface area contributed by atoms with E-state index in [9.17, 15) is 13.2 Å². The fourth-order valence-corrected chi connectivity index (χ4v) is 2.73. The summed E-state index contributed by atoms with van der Waals surface area (Å²) in [7, 11) is -1.56. The number of sulfonamides is 1. The van der Waals surface area contributed by atoms with Gasteiger partial charge in [0.2, 0.25) is 15.9 Å². The molecule has 0 bridgehead atoms. The molecule has 2 atom stereocenters. The zero-order valence-electron chi connectivity index (χ0n) is 12.6. The molecule has 1 amide bonds. The van der Waals surface area contributed by atoms with Crippen molar-refractivity contribution < 1.29 is 17.6 Å². The van der Waals surface area contributed by atoms with Crippen LogP contribution in [0.5, 0.6) is 0 Å². The molecule has 1 aromatic heterocycles. The number of rotatable bonds is 7. The first-order chi connectivity index (χ1) is 9.76. The molecule has 1 aliphatic carbocycles. The van der Waals surface area contributed by atoms with Gasteiger partial charge in [0.05, 0.1) is 12.8 Å². The second kappa shape index (κ2) is 6.19. The molecule has 1 saturated carbocycles. The van der Waals surface area contributed by atoms with Gasteiger partial charge in [-0.2, -0.15) is 0 Å². The largest absolute Gasteiger partial charge is 0.464 e. The van der Waals surface area contributed by atoms with E-state index in [0.717, 1.165) is 17.8 Å². The third-order valence-corrected chi connectivity index (χ3v) is 4.41. The van der Waals surface area contributed by atoms with Crippen molar-refractivity contribution >= 4 is 15.9 Å². The van der Waals surface area contributed by atoms with E-state index in [-0.39, 0.29) is 18.9 Å². The maximum atomic E-state index is 11.9. The second-order valence-electron chi connectivity index (χ2n) is 5.79. The van der Waals surface area contributed by atoms with Crippen LogP contribution in [0.3, 0.4) is 0 Å². The van der Waals surface area contributed by atoms with Crippen LogP contribution in [0.15, 0.2) is 16.5 Å². The fraction of sp³-hybridized carbons (Fsp3) is 0.643. The molecule has 1 N–H and O–H groups in total. The molecule has 1 aromatic rings. The lowest BCUT2D eigenvalue weighted by molar-refractivity contribution is -0.130. The van der Waals surface area contributed by atoms with Crippen LogP contribution >= 0.6 is 0 Å². The summed E-state index contributed by atoms with van der Waals surface area (Å²) in [6.07, 6.45) is 2.38. The van der Waals surface area contributed by atoms with E-state index in [1.807, 2.05) is 12.1 Å². The molecule has 0 spiro atoms. The third kappa shape index (κ3) is 4.86. The Morgan fingerprint density at radius 2 is 2.14 bits per heavy atom. The monoisotopic (exact) mass is 314 g/mol. The van der Waals surface area contributed by atoms with Gasteiger partial charge in [0.25, 0.3) is 0 Å². The predicted octanol–water partition coefficient (Wildman–Crippen LogP) is 1.30. The summed E-state index contributed by atoms with van der Waals surface area (Å²) in [5.74, 6) is 2.85. The normalized spacial score (nSPS) is 21.3. The van der Waals surface area contributed by atoms with E-state index in [1.54, 1.807) is 11.9 Å². The Hall–Kier alpha value is -1.34. The van der Waals surface area contributed by atoms with E-state index >= 15 is 0 Å². The van der Waals surface area contributed by atoms with Crippen LogP contribution in [0, 0.1) is 5.92 Å². The number of hydrogen-bond acceptors (Lipinski definition) is 4. The minimum Gasteiger partial charge on any atom is -0.464 e. The third-order valence-electron chi connectivity index (χ3n) is 3.68. The van der Waals surface area contributed by atoms with Gasteiger partial charge in [-0.1, -0.05) is 6.92 Å². The van der Waals surface area contributed by atoms with Gasteiger partial charge in [-0.05, 0) is 24.5 Å². The molecule has 0 radical (unpaired) electrons. The van der Waals surface area contributed by atoms with E-state index < -0.39 is 10.0 Å². The molecule has 0 aliphatic heterocycles. The first-order valence-electron chi connectivity index (χ1n) is 7.03. The Morgan fingerprint density at radius 3 is 2.71 bits per heavy atom. The van der Waals surface area contributed by atoms with Gasteiger partial charge in [0.1, 0.15) is 11.5 Å². The van der Waals surface area contributed by atoms with Crippen LogP contribution in [-0.2, 0) is 21.4 Å². The van der Waals surface area contributed by atoms with E-state index in [0.29, 0.717) is 18.4 Å². The summed E-state index contributed by atoms with van der Waals surface area (Å²) >= 11 is 0. The van der Waals surface area contributed by atoms with Crippen LogP contribution in [-0.4, -0.2) is 39.1 Å². The van der Waals surface area contributed by atoms with Gasteiger partial charge in [-0.15, -0.1) is 0 Å². The lowest BCUT2D eigenvalue weighted by Gasteiger charge is -2.15. The zero-order valence-corrected chi connectivity index (χ0v) is 13.4. The number of nitrogens with one attached hydrogen (secondary N) is 1. The van der Waals surface area contributed by atoms with Gasteiger partial charge in [0, 0.05) is 25.9 Å². The van der Waals surface area contributed by atoms with Crippen LogP contribution in [0.4, 0.5) is 0 Å². The topological polar surface area (TPSA) is 79.6 Å². The van der Waals surface area contributed by atoms with Crippen LogP contribution < -0.4 is 4.72 Å². The number of hydrogen-bond donors (Lipinski definition) is 1. The summed E-state index contributed by atoms with van der Waals surface area (Å²) in [6.45, 7) is 2.71. The molecular formula is C14H22N2O4S. The Kier molecular flexibility index (Phi) is 4.73. The van der Waals surface area contributed by atoms with Crippen LogP contribution in [0.25, 0.3) is 0 Å². The van der Waals surface area contributed by atoms with Crippen molar-refractivity contribution in [1.29, 1.82) is 0 Å². The molecule has 21 heavy (non-hydrogen) atoms. The van der Waals surface area contributed by atoms with E-state index in [2.05, 4.69) is 11.6 Å². The van der Waals surface area contributed by atoms with Crippen molar-refractivity contribution in [3.05, 3.63) is 23.7 Å². The van der Waals surface area contributed by atoms with Gasteiger partial charge in [-0.25, -0.2) is 13.1 Å². The highest BCUT2D eigenvalue weighted by atomic mass is 32.2. The number of carbonyl (C=O) groups is 1. The van der Waals surface area contributed by atoms with Crippen molar-refractivity contribution in [1.82, 2.24) is 9.62 Å². The molecule has 2 unspecified atom stereocenters. The molecule has 6 nitrogen and oxygen atoms in total. The average Bonchev–Trinajstić information content (AvgIpc) is 2.92. The number of furan rings is 1. The molecule has 1 aliphatic rings. The number of amides is 1. The molecule has 1 fully saturated rings. The molecule has 118 valence electrons. The molecule has 0 aromatic carbocycles. The number of carbonyl (C=O) groups excluding carboxylic acids is 1. The highest BCUT2D eigenvalue weighted by Crippen LogP contribution is 2.47. The van der Waals surface area contributed by atoms with Crippen molar-refractivity contribution in [2.24, 2.45) is 5.92 Å².